The maximum Gasteiger partial charge on any atom is 0.326 e. The van der Waals surface area contributed by atoms with Crippen LogP contribution in [0.5, 0.6) is 0 Å². The standard InChI is InChI=1S/C12H21N3O4/c1-7(2)8(9(16)17)14-11(19)15-5-4-12(3,6-15)10(13)18/h7-8H,4-6H2,1-3H3,(H2,13,18)(H,14,19)(H,16,17)/t8-,12?/m0/s1. The van der Waals surface area contributed by atoms with Gasteiger partial charge in [0.05, 0.1) is 5.41 Å². The van der Waals surface area contributed by atoms with Gasteiger partial charge in [-0.05, 0) is 19.3 Å². The molecule has 1 aliphatic rings. The van der Waals surface area contributed by atoms with E-state index in [9.17, 15) is 14.4 Å². The van der Waals surface area contributed by atoms with Gasteiger partial charge in [-0.25, -0.2) is 9.59 Å². The first-order valence-corrected chi connectivity index (χ1v) is 6.25. The fourth-order valence-electron chi connectivity index (χ4n) is 2.07. The van der Waals surface area contributed by atoms with Crippen molar-refractivity contribution >= 4 is 17.9 Å². The number of nitrogens with one attached hydrogen (secondary N) is 1. The summed E-state index contributed by atoms with van der Waals surface area (Å²) in [6.45, 7) is 5.77. The van der Waals surface area contributed by atoms with Crippen LogP contribution in [0.4, 0.5) is 4.79 Å². The number of primary amides is 1. The van der Waals surface area contributed by atoms with E-state index in [1.807, 2.05) is 0 Å². The normalized spacial score (nSPS) is 24.3. The van der Waals surface area contributed by atoms with Crippen LogP contribution in [0.25, 0.3) is 0 Å². The van der Waals surface area contributed by atoms with Gasteiger partial charge in [0.1, 0.15) is 6.04 Å². The third-order valence-electron chi connectivity index (χ3n) is 3.57. The van der Waals surface area contributed by atoms with Crippen LogP contribution in [0.15, 0.2) is 0 Å². The first-order valence-electron chi connectivity index (χ1n) is 6.25. The lowest BCUT2D eigenvalue weighted by Gasteiger charge is -2.24. The summed E-state index contributed by atoms with van der Waals surface area (Å²) in [5, 5.41) is 11.5. The highest BCUT2D eigenvalue weighted by atomic mass is 16.4. The molecule has 0 aromatic carbocycles. The second kappa shape index (κ2) is 5.46. The highest BCUT2D eigenvalue weighted by molar-refractivity contribution is 5.85. The molecule has 0 aliphatic carbocycles. The van der Waals surface area contributed by atoms with E-state index in [0.717, 1.165) is 0 Å². The van der Waals surface area contributed by atoms with E-state index in [1.54, 1.807) is 20.8 Å². The van der Waals surface area contributed by atoms with E-state index >= 15 is 0 Å². The number of urea groups is 1. The largest absolute Gasteiger partial charge is 0.480 e. The number of carboxylic acids is 1. The van der Waals surface area contributed by atoms with Gasteiger partial charge >= 0.3 is 12.0 Å². The molecule has 1 saturated heterocycles. The van der Waals surface area contributed by atoms with Gasteiger partial charge in [-0.2, -0.15) is 0 Å². The average molecular weight is 271 g/mol. The van der Waals surface area contributed by atoms with Gasteiger partial charge in [0.2, 0.25) is 5.91 Å². The van der Waals surface area contributed by atoms with Crippen molar-refractivity contribution in [3.05, 3.63) is 0 Å². The number of carboxylic acid groups (broad SMARTS) is 1. The quantitative estimate of drug-likeness (QED) is 0.668. The first kappa shape index (κ1) is 15.3. The van der Waals surface area contributed by atoms with Crippen molar-refractivity contribution in [1.29, 1.82) is 0 Å². The number of aliphatic carboxylic acids is 1. The predicted molar refractivity (Wildman–Crippen MR) is 68.3 cm³/mol. The van der Waals surface area contributed by atoms with Crippen molar-refractivity contribution in [2.75, 3.05) is 13.1 Å². The second-order valence-electron chi connectivity index (χ2n) is 5.61. The fraction of sp³-hybridized carbons (Fsp3) is 0.750. The molecular formula is C12H21N3O4. The molecule has 0 saturated carbocycles. The van der Waals surface area contributed by atoms with E-state index < -0.39 is 29.4 Å². The van der Waals surface area contributed by atoms with Crippen LogP contribution >= 0.6 is 0 Å². The van der Waals surface area contributed by atoms with E-state index in [1.165, 1.54) is 4.90 Å². The van der Waals surface area contributed by atoms with Gasteiger partial charge in [0.15, 0.2) is 0 Å². The minimum absolute atomic E-state index is 0.216. The van der Waals surface area contributed by atoms with Crippen LogP contribution in [-0.2, 0) is 9.59 Å². The minimum atomic E-state index is -1.07. The monoisotopic (exact) mass is 271 g/mol. The second-order valence-corrected chi connectivity index (χ2v) is 5.61. The Morgan fingerprint density at radius 2 is 1.95 bits per heavy atom. The lowest BCUT2D eigenvalue weighted by molar-refractivity contribution is -0.140. The van der Waals surface area contributed by atoms with Crippen LogP contribution in [0.1, 0.15) is 27.2 Å². The number of nitrogens with zero attached hydrogens (tertiary/aromatic N) is 1. The summed E-state index contributed by atoms with van der Waals surface area (Å²) in [5.74, 6) is -1.73. The number of carbonyl (C=O) groups is 3. The molecule has 1 aliphatic heterocycles. The van der Waals surface area contributed by atoms with Gasteiger partial charge < -0.3 is 21.1 Å². The summed E-state index contributed by atoms with van der Waals surface area (Å²) < 4.78 is 0. The molecule has 4 N–H and O–H groups in total. The lowest BCUT2D eigenvalue weighted by Crippen LogP contribution is -2.50. The third-order valence-corrected chi connectivity index (χ3v) is 3.57. The topological polar surface area (TPSA) is 113 Å². The first-order chi connectivity index (χ1) is 8.67. The number of likely N-dealkylation sites (tertiary alicyclic amines) is 1. The van der Waals surface area contributed by atoms with Gasteiger partial charge in [-0.3, -0.25) is 4.79 Å². The van der Waals surface area contributed by atoms with Crippen LogP contribution in [0.2, 0.25) is 0 Å². The Balaban J connectivity index is 2.66. The van der Waals surface area contributed by atoms with Crippen molar-refractivity contribution in [3.63, 3.8) is 0 Å². The molecule has 0 aromatic heterocycles. The molecular weight excluding hydrogens is 250 g/mol. The molecule has 7 nitrogen and oxygen atoms in total. The molecule has 7 heteroatoms. The molecule has 3 amide bonds. The fourth-order valence-corrected chi connectivity index (χ4v) is 2.07. The van der Waals surface area contributed by atoms with Gasteiger partial charge in [0, 0.05) is 13.1 Å². The van der Waals surface area contributed by atoms with Crippen LogP contribution in [-0.4, -0.2) is 47.0 Å². The van der Waals surface area contributed by atoms with Gasteiger partial charge in [-0.15, -0.1) is 0 Å². The van der Waals surface area contributed by atoms with E-state index in [0.29, 0.717) is 13.0 Å². The Labute approximate surface area is 112 Å². The van der Waals surface area contributed by atoms with Crippen molar-refractivity contribution in [2.24, 2.45) is 17.1 Å². The van der Waals surface area contributed by atoms with Crippen LogP contribution in [0.3, 0.4) is 0 Å². The molecule has 0 bridgehead atoms. The molecule has 0 spiro atoms. The molecule has 1 fully saturated rings. The highest BCUT2D eigenvalue weighted by Gasteiger charge is 2.41. The molecule has 108 valence electrons. The zero-order valence-corrected chi connectivity index (χ0v) is 11.5. The molecule has 19 heavy (non-hydrogen) atoms. The summed E-state index contributed by atoms with van der Waals surface area (Å²) in [6.07, 6.45) is 0.495. The van der Waals surface area contributed by atoms with E-state index in [4.69, 9.17) is 10.8 Å². The molecule has 0 radical (unpaired) electrons. The maximum atomic E-state index is 12.0. The lowest BCUT2D eigenvalue weighted by atomic mass is 9.89. The average Bonchev–Trinajstić information content (AvgIpc) is 2.69. The zero-order valence-electron chi connectivity index (χ0n) is 11.5. The third kappa shape index (κ3) is 3.36. The van der Waals surface area contributed by atoms with Crippen LogP contribution < -0.4 is 11.1 Å². The molecule has 2 atom stereocenters. The van der Waals surface area contributed by atoms with Crippen molar-refractivity contribution in [1.82, 2.24) is 10.2 Å². The van der Waals surface area contributed by atoms with E-state index in [2.05, 4.69) is 5.32 Å². The number of rotatable bonds is 4. The molecule has 0 aromatic rings. The van der Waals surface area contributed by atoms with Gasteiger partial charge in [-0.1, -0.05) is 13.8 Å². The Bertz CT molecular complexity index is 396. The van der Waals surface area contributed by atoms with Gasteiger partial charge in [0.25, 0.3) is 0 Å². The summed E-state index contributed by atoms with van der Waals surface area (Å²) in [7, 11) is 0. The molecule has 1 heterocycles. The summed E-state index contributed by atoms with van der Waals surface area (Å²) in [4.78, 5) is 35.7. The SMILES string of the molecule is CC(C)[C@H](NC(=O)N1CCC(C)(C(N)=O)C1)C(=O)O. The van der Waals surface area contributed by atoms with Crippen molar-refractivity contribution < 1.29 is 19.5 Å². The minimum Gasteiger partial charge on any atom is -0.480 e. The van der Waals surface area contributed by atoms with E-state index in [-0.39, 0.29) is 12.5 Å². The number of hydrogen-bond donors (Lipinski definition) is 3. The van der Waals surface area contributed by atoms with Crippen LogP contribution in [0, 0.1) is 11.3 Å². The smallest absolute Gasteiger partial charge is 0.326 e. The Morgan fingerprint density at radius 1 is 1.37 bits per heavy atom. The number of hydrogen-bond acceptors (Lipinski definition) is 3. The highest BCUT2D eigenvalue weighted by Crippen LogP contribution is 2.29. The predicted octanol–water partition coefficient (Wildman–Crippen LogP) is 0.00250. The summed E-state index contributed by atoms with van der Waals surface area (Å²) in [5.41, 5.74) is 4.57. The Kier molecular flexibility index (Phi) is 4.39. The maximum absolute atomic E-state index is 12.0. The molecule has 1 unspecified atom stereocenters. The van der Waals surface area contributed by atoms with Crippen molar-refractivity contribution in [2.45, 2.75) is 33.2 Å². The molecule has 1 rings (SSSR count). The Morgan fingerprint density at radius 3 is 2.32 bits per heavy atom. The number of amides is 3. The Hall–Kier alpha value is -1.79. The number of nitrogens with two attached hydrogens (primary N) is 1. The zero-order chi connectivity index (χ0) is 14.8. The van der Waals surface area contributed by atoms with Crippen molar-refractivity contribution in [3.8, 4) is 0 Å². The number of carbonyl (C=O) groups excluding carboxylic acids is 2. The summed E-state index contributed by atoms with van der Waals surface area (Å²) in [6, 6.07) is -1.40. The summed E-state index contributed by atoms with van der Waals surface area (Å²) >= 11 is 0.